The van der Waals surface area contributed by atoms with E-state index in [4.69, 9.17) is 5.73 Å². The van der Waals surface area contributed by atoms with Crippen LogP contribution in [0.25, 0.3) is 0 Å². The van der Waals surface area contributed by atoms with Gasteiger partial charge in [0.05, 0.1) is 18.4 Å². The van der Waals surface area contributed by atoms with E-state index in [-0.39, 0.29) is 22.7 Å². The van der Waals surface area contributed by atoms with Gasteiger partial charge in [-0.25, -0.2) is 9.18 Å². The maximum absolute atomic E-state index is 13.7. The minimum absolute atomic E-state index is 0.0833. The summed E-state index contributed by atoms with van der Waals surface area (Å²) in [6.45, 7) is 4.20. The molecule has 1 aromatic rings. The smallest absolute Gasteiger partial charge is 0.340 e. The number of carbonyl (C=O) groups excluding carboxylic acids is 1. The van der Waals surface area contributed by atoms with E-state index in [1.807, 2.05) is 0 Å². The summed E-state index contributed by atoms with van der Waals surface area (Å²) >= 11 is 0. The van der Waals surface area contributed by atoms with Crippen molar-refractivity contribution in [3.05, 3.63) is 23.5 Å². The van der Waals surface area contributed by atoms with Crippen LogP contribution in [-0.4, -0.2) is 19.1 Å². The molecule has 1 aliphatic carbocycles. The van der Waals surface area contributed by atoms with Crippen molar-refractivity contribution < 1.29 is 13.9 Å². The second kappa shape index (κ2) is 4.15. The highest BCUT2D eigenvalue weighted by Crippen LogP contribution is 2.46. The van der Waals surface area contributed by atoms with Crippen LogP contribution in [-0.2, 0) is 4.74 Å². The highest BCUT2D eigenvalue weighted by Gasteiger charge is 2.45. The SMILES string of the molecule is COC(=O)c1cc(NC2CC2(C)C)c(F)cc1N. The highest BCUT2D eigenvalue weighted by molar-refractivity contribution is 5.96. The lowest BCUT2D eigenvalue weighted by Crippen LogP contribution is -2.12. The van der Waals surface area contributed by atoms with Gasteiger partial charge in [-0.1, -0.05) is 13.8 Å². The number of ether oxygens (including phenoxy) is 1. The van der Waals surface area contributed by atoms with Gasteiger partial charge in [-0.15, -0.1) is 0 Å². The molecule has 0 spiro atoms. The van der Waals surface area contributed by atoms with Crippen molar-refractivity contribution in [3.8, 4) is 0 Å². The zero-order valence-corrected chi connectivity index (χ0v) is 10.7. The Bertz CT molecular complexity index is 500. The molecular weight excluding hydrogens is 235 g/mol. The zero-order valence-electron chi connectivity index (χ0n) is 10.7. The number of esters is 1. The van der Waals surface area contributed by atoms with E-state index in [9.17, 15) is 9.18 Å². The third kappa shape index (κ3) is 2.25. The molecule has 98 valence electrons. The molecule has 1 saturated carbocycles. The van der Waals surface area contributed by atoms with Crippen LogP contribution >= 0.6 is 0 Å². The van der Waals surface area contributed by atoms with Crippen LogP contribution in [0, 0.1) is 11.2 Å². The van der Waals surface area contributed by atoms with E-state index in [1.165, 1.54) is 13.2 Å². The Balaban J connectivity index is 2.27. The predicted octanol–water partition coefficient (Wildman–Crippen LogP) is 2.40. The van der Waals surface area contributed by atoms with Gasteiger partial charge in [-0.05, 0) is 24.0 Å². The lowest BCUT2D eigenvalue weighted by molar-refractivity contribution is 0.0602. The monoisotopic (exact) mass is 252 g/mol. The number of hydrogen-bond acceptors (Lipinski definition) is 4. The summed E-state index contributed by atoms with van der Waals surface area (Å²) in [5.41, 5.74) is 6.32. The number of nitrogen functional groups attached to an aromatic ring is 1. The second-order valence-corrected chi connectivity index (χ2v) is 5.30. The molecule has 3 N–H and O–H groups in total. The molecule has 0 bridgehead atoms. The molecule has 0 saturated heterocycles. The largest absolute Gasteiger partial charge is 0.465 e. The van der Waals surface area contributed by atoms with Crippen molar-refractivity contribution >= 4 is 17.3 Å². The first kappa shape index (κ1) is 12.7. The Labute approximate surface area is 105 Å². The van der Waals surface area contributed by atoms with E-state index >= 15 is 0 Å². The molecule has 4 nitrogen and oxygen atoms in total. The van der Waals surface area contributed by atoms with Crippen LogP contribution in [0.2, 0.25) is 0 Å². The average Bonchev–Trinajstić information content (AvgIpc) is 2.89. The number of carbonyl (C=O) groups is 1. The van der Waals surface area contributed by atoms with Gasteiger partial charge in [-0.2, -0.15) is 0 Å². The quantitative estimate of drug-likeness (QED) is 0.640. The Kier molecular flexibility index (Phi) is 2.92. The molecule has 18 heavy (non-hydrogen) atoms. The molecule has 1 aliphatic rings. The average molecular weight is 252 g/mol. The zero-order chi connectivity index (χ0) is 13.5. The lowest BCUT2D eigenvalue weighted by atomic mass is 10.1. The van der Waals surface area contributed by atoms with E-state index in [0.29, 0.717) is 5.69 Å². The molecular formula is C13H17FN2O2. The summed E-state index contributed by atoms with van der Waals surface area (Å²) in [5, 5.41) is 3.08. The molecule has 1 atom stereocenters. The van der Waals surface area contributed by atoms with Crippen LogP contribution in [0.3, 0.4) is 0 Å². The van der Waals surface area contributed by atoms with Crippen LogP contribution in [0.5, 0.6) is 0 Å². The fourth-order valence-electron chi connectivity index (χ4n) is 1.89. The van der Waals surface area contributed by atoms with E-state index < -0.39 is 11.8 Å². The molecule has 2 rings (SSSR count). The number of nitrogens with one attached hydrogen (secondary N) is 1. The van der Waals surface area contributed by atoms with Gasteiger partial charge in [0.1, 0.15) is 5.82 Å². The third-order valence-electron chi connectivity index (χ3n) is 3.39. The van der Waals surface area contributed by atoms with Gasteiger partial charge in [0.25, 0.3) is 0 Å². The maximum atomic E-state index is 13.7. The lowest BCUT2D eigenvalue weighted by Gasteiger charge is -2.12. The predicted molar refractivity (Wildman–Crippen MR) is 68.0 cm³/mol. The number of nitrogens with two attached hydrogens (primary N) is 1. The Hall–Kier alpha value is -1.78. The van der Waals surface area contributed by atoms with Gasteiger partial charge in [0.2, 0.25) is 0 Å². The number of halogens is 1. The molecule has 0 aromatic heterocycles. The third-order valence-corrected chi connectivity index (χ3v) is 3.39. The maximum Gasteiger partial charge on any atom is 0.340 e. The minimum atomic E-state index is -0.564. The molecule has 0 amide bonds. The number of hydrogen-bond donors (Lipinski definition) is 2. The van der Waals surface area contributed by atoms with Crippen molar-refractivity contribution in [2.24, 2.45) is 5.41 Å². The summed E-state index contributed by atoms with van der Waals surface area (Å²) in [4.78, 5) is 11.5. The van der Waals surface area contributed by atoms with E-state index in [1.54, 1.807) is 0 Å². The van der Waals surface area contributed by atoms with Gasteiger partial charge in [0.15, 0.2) is 0 Å². The van der Waals surface area contributed by atoms with Crippen LogP contribution in [0.1, 0.15) is 30.6 Å². The molecule has 1 aromatic carbocycles. The van der Waals surface area contributed by atoms with Crippen molar-refractivity contribution in [1.29, 1.82) is 0 Å². The fourth-order valence-corrected chi connectivity index (χ4v) is 1.89. The molecule has 1 fully saturated rings. The van der Waals surface area contributed by atoms with Crippen LogP contribution in [0.4, 0.5) is 15.8 Å². The molecule has 0 aliphatic heterocycles. The summed E-state index contributed by atoms with van der Waals surface area (Å²) in [5.74, 6) is -1.02. The highest BCUT2D eigenvalue weighted by atomic mass is 19.1. The first-order valence-corrected chi connectivity index (χ1v) is 5.79. The van der Waals surface area contributed by atoms with Crippen molar-refractivity contribution in [2.45, 2.75) is 26.3 Å². The Morgan fingerprint density at radius 2 is 2.17 bits per heavy atom. The Morgan fingerprint density at radius 1 is 1.56 bits per heavy atom. The number of anilines is 2. The Morgan fingerprint density at radius 3 is 2.67 bits per heavy atom. The molecule has 0 radical (unpaired) electrons. The first-order chi connectivity index (χ1) is 8.35. The second-order valence-electron chi connectivity index (χ2n) is 5.30. The van der Waals surface area contributed by atoms with E-state index in [2.05, 4.69) is 23.9 Å². The molecule has 5 heteroatoms. The van der Waals surface area contributed by atoms with Crippen molar-refractivity contribution in [3.63, 3.8) is 0 Å². The van der Waals surface area contributed by atoms with Crippen molar-refractivity contribution in [2.75, 3.05) is 18.2 Å². The first-order valence-electron chi connectivity index (χ1n) is 5.79. The standard InChI is InChI=1S/C13H17FN2O2/c1-13(2)6-11(13)16-10-4-7(12(17)18-3)9(15)5-8(10)14/h4-5,11,16H,6,15H2,1-3H3. The number of methoxy groups -OCH3 is 1. The van der Waals surface area contributed by atoms with E-state index in [0.717, 1.165) is 12.5 Å². The van der Waals surface area contributed by atoms with Gasteiger partial charge >= 0.3 is 5.97 Å². The van der Waals surface area contributed by atoms with Crippen molar-refractivity contribution in [1.82, 2.24) is 0 Å². The fraction of sp³-hybridized carbons (Fsp3) is 0.462. The topological polar surface area (TPSA) is 64.3 Å². The summed E-state index contributed by atoms with van der Waals surface area (Å²) in [6.07, 6.45) is 0.977. The normalized spacial score (nSPS) is 20.3. The summed E-state index contributed by atoms with van der Waals surface area (Å²) in [7, 11) is 1.27. The minimum Gasteiger partial charge on any atom is -0.465 e. The molecule has 0 heterocycles. The summed E-state index contributed by atoms with van der Waals surface area (Å²) in [6, 6.07) is 2.77. The number of benzene rings is 1. The van der Waals surface area contributed by atoms with Gasteiger partial charge < -0.3 is 15.8 Å². The number of rotatable bonds is 3. The van der Waals surface area contributed by atoms with Crippen LogP contribution in [0.15, 0.2) is 12.1 Å². The summed E-state index contributed by atoms with van der Waals surface area (Å²) < 4.78 is 18.3. The van der Waals surface area contributed by atoms with Gasteiger partial charge in [0, 0.05) is 11.7 Å². The van der Waals surface area contributed by atoms with Crippen LogP contribution < -0.4 is 11.1 Å². The van der Waals surface area contributed by atoms with Gasteiger partial charge in [-0.3, -0.25) is 0 Å². The molecule has 1 unspecified atom stereocenters.